The van der Waals surface area contributed by atoms with Gasteiger partial charge in [0.1, 0.15) is 0 Å². The Balaban J connectivity index is 1.75. The molecule has 1 amide bonds. The van der Waals surface area contributed by atoms with Gasteiger partial charge in [0.15, 0.2) is 5.96 Å². The van der Waals surface area contributed by atoms with Gasteiger partial charge >= 0.3 is 0 Å². The second-order valence-corrected chi connectivity index (χ2v) is 7.91. The number of benzene rings is 1. The molecule has 0 radical (unpaired) electrons. The topological polar surface area (TPSA) is 65.5 Å². The van der Waals surface area contributed by atoms with Crippen molar-refractivity contribution in [1.82, 2.24) is 16.0 Å². The van der Waals surface area contributed by atoms with Gasteiger partial charge in [-0.15, -0.1) is 11.3 Å². The summed E-state index contributed by atoms with van der Waals surface area (Å²) in [5.41, 5.74) is 0.705. The Labute approximate surface area is 166 Å². The quantitative estimate of drug-likeness (QED) is 0.352. The molecule has 0 aliphatic rings. The SMILES string of the molecule is CCNC(=NCC(C)(C)c1cccs1)NCCCNC(=O)c1ccccc1. The van der Waals surface area contributed by atoms with Gasteiger partial charge in [-0.2, -0.15) is 0 Å². The monoisotopic (exact) mass is 386 g/mol. The molecule has 0 unspecified atom stereocenters. The Morgan fingerprint density at radius 3 is 2.44 bits per heavy atom. The number of aliphatic imine (C=N–C) groups is 1. The lowest BCUT2D eigenvalue weighted by atomic mass is 9.92. The maximum Gasteiger partial charge on any atom is 0.251 e. The summed E-state index contributed by atoms with van der Waals surface area (Å²) in [5, 5.41) is 11.7. The molecule has 1 heterocycles. The molecule has 5 nitrogen and oxygen atoms in total. The van der Waals surface area contributed by atoms with Crippen LogP contribution >= 0.6 is 11.3 Å². The molecule has 1 aromatic carbocycles. The number of guanidine groups is 1. The maximum absolute atomic E-state index is 12.0. The minimum Gasteiger partial charge on any atom is -0.357 e. The highest BCUT2D eigenvalue weighted by atomic mass is 32.1. The summed E-state index contributed by atoms with van der Waals surface area (Å²) in [6.07, 6.45) is 0.831. The lowest BCUT2D eigenvalue weighted by Gasteiger charge is -2.21. The van der Waals surface area contributed by atoms with Crippen LogP contribution in [-0.4, -0.2) is 38.0 Å². The summed E-state index contributed by atoms with van der Waals surface area (Å²) >= 11 is 1.77. The lowest BCUT2D eigenvalue weighted by Crippen LogP contribution is -2.39. The largest absolute Gasteiger partial charge is 0.357 e. The van der Waals surface area contributed by atoms with Crippen molar-refractivity contribution < 1.29 is 4.79 Å². The van der Waals surface area contributed by atoms with E-state index in [4.69, 9.17) is 4.99 Å². The molecule has 0 spiro atoms. The molecule has 27 heavy (non-hydrogen) atoms. The van der Waals surface area contributed by atoms with E-state index >= 15 is 0 Å². The average Bonchev–Trinajstić information content (AvgIpc) is 3.22. The van der Waals surface area contributed by atoms with Crippen LogP contribution in [0, 0.1) is 0 Å². The number of hydrogen-bond acceptors (Lipinski definition) is 3. The fraction of sp³-hybridized carbons (Fsp3) is 0.429. The molecule has 6 heteroatoms. The van der Waals surface area contributed by atoms with Crippen molar-refractivity contribution in [2.75, 3.05) is 26.2 Å². The van der Waals surface area contributed by atoms with Gasteiger partial charge in [-0.25, -0.2) is 0 Å². The van der Waals surface area contributed by atoms with Gasteiger partial charge in [0, 0.05) is 35.5 Å². The number of nitrogens with zero attached hydrogens (tertiary/aromatic N) is 1. The molecule has 0 saturated carbocycles. The molecule has 0 atom stereocenters. The van der Waals surface area contributed by atoms with Crippen LogP contribution in [0.4, 0.5) is 0 Å². The van der Waals surface area contributed by atoms with E-state index in [9.17, 15) is 4.79 Å². The van der Waals surface area contributed by atoms with Crippen LogP contribution in [0.1, 0.15) is 42.4 Å². The zero-order valence-corrected chi connectivity index (χ0v) is 17.2. The highest BCUT2D eigenvalue weighted by Crippen LogP contribution is 2.27. The summed E-state index contributed by atoms with van der Waals surface area (Å²) in [4.78, 5) is 18.1. The Morgan fingerprint density at radius 1 is 1.04 bits per heavy atom. The maximum atomic E-state index is 12.0. The summed E-state index contributed by atoms with van der Waals surface area (Å²) < 4.78 is 0. The van der Waals surface area contributed by atoms with Crippen molar-refractivity contribution in [1.29, 1.82) is 0 Å². The van der Waals surface area contributed by atoms with Crippen LogP contribution in [0.5, 0.6) is 0 Å². The van der Waals surface area contributed by atoms with E-state index in [0.717, 1.165) is 25.5 Å². The van der Waals surface area contributed by atoms with Crippen molar-refractivity contribution in [3.05, 3.63) is 58.3 Å². The second-order valence-electron chi connectivity index (χ2n) is 6.96. The molecule has 0 saturated heterocycles. The third kappa shape index (κ3) is 7.06. The number of thiophene rings is 1. The lowest BCUT2D eigenvalue weighted by molar-refractivity contribution is 0.0953. The third-order valence-corrected chi connectivity index (χ3v) is 5.37. The predicted molar refractivity (Wildman–Crippen MR) is 115 cm³/mol. The minimum absolute atomic E-state index is 0.0141. The van der Waals surface area contributed by atoms with E-state index in [1.54, 1.807) is 11.3 Å². The van der Waals surface area contributed by atoms with E-state index in [-0.39, 0.29) is 11.3 Å². The Bertz CT molecular complexity index is 711. The Morgan fingerprint density at radius 2 is 1.78 bits per heavy atom. The van der Waals surface area contributed by atoms with Crippen LogP contribution in [0.15, 0.2) is 52.8 Å². The van der Waals surface area contributed by atoms with Gasteiger partial charge in [-0.1, -0.05) is 38.1 Å². The van der Waals surface area contributed by atoms with Crippen LogP contribution in [0.3, 0.4) is 0 Å². The zero-order chi connectivity index (χ0) is 19.5. The van der Waals surface area contributed by atoms with Gasteiger partial charge < -0.3 is 16.0 Å². The van der Waals surface area contributed by atoms with Crippen molar-refractivity contribution in [3.8, 4) is 0 Å². The number of rotatable bonds is 9. The minimum atomic E-state index is -0.0335. The van der Waals surface area contributed by atoms with E-state index in [2.05, 4.69) is 54.2 Å². The molecule has 1 aromatic heterocycles. The summed E-state index contributed by atoms with van der Waals surface area (Å²) in [6.45, 7) is 9.39. The van der Waals surface area contributed by atoms with Crippen LogP contribution in [0.25, 0.3) is 0 Å². The molecule has 2 rings (SSSR count). The van der Waals surface area contributed by atoms with Crippen molar-refractivity contribution in [2.24, 2.45) is 4.99 Å². The average molecular weight is 387 g/mol. The highest BCUT2D eigenvalue weighted by Gasteiger charge is 2.21. The van der Waals surface area contributed by atoms with Crippen molar-refractivity contribution in [3.63, 3.8) is 0 Å². The molecule has 0 bridgehead atoms. The number of amides is 1. The first-order valence-corrected chi connectivity index (χ1v) is 10.3. The fourth-order valence-electron chi connectivity index (χ4n) is 2.55. The summed E-state index contributed by atoms with van der Waals surface area (Å²) in [6, 6.07) is 13.5. The van der Waals surface area contributed by atoms with Crippen LogP contribution < -0.4 is 16.0 Å². The molecule has 0 fully saturated rings. The number of hydrogen-bond donors (Lipinski definition) is 3. The van der Waals surface area contributed by atoms with Gasteiger partial charge in [-0.05, 0) is 36.9 Å². The first-order chi connectivity index (χ1) is 13.0. The van der Waals surface area contributed by atoms with E-state index in [1.807, 2.05) is 30.3 Å². The zero-order valence-electron chi connectivity index (χ0n) is 16.4. The number of carbonyl (C=O) groups excluding carboxylic acids is 1. The normalized spacial score (nSPS) is 11.9. The van der Waals surface area contributed by atoms with Gasteiger partial charge in [-0.3, -0.25) is 9.79 Å². The smallest absolute Gasteiger partial charge is 0.251 e. The molecule has 0 aliphatic heterocycles. The van der Waals surface area contributed by atoms with Crippen LogP contribution in [-0.2, 0) is 5.41 Å². The highest BCUT2D eigenvalue weighted by molar-refractivity contribution is 7.10. The Hall–Kier alpha value is -2.34. The summed E-state index contributed by atoms with van der Waals surface area (Å²) in [5.74, 6) is 0.783. The van der Waals surface area contributed by atoms with Gasteiger partial charge in [0.2, 0.25) is 0 Å². The van der Waals surface area contributed by atoms with Crippen molar-refractivity contribution in [2.45, 2.75) is 32.6 Å². The van der Waals surface area contributed by atoms with E-state index < -0.39 is 0 Å². The predicted octanol–water partition coefficient (Wildman–Crippen LogP) is 3.40. The summed E-state index contributed by atoms with van der Waals surface area (Å²) in [7, 11) is 0. The molecule has 146 valence electrons. The number of nitrogens with one attached hydrogen (secondary N) is 3. The molecular weight excluding hydrogens is 356 g/mol. The number of carbonyl (C=O) groups is 1. The standard InChI is InChI=1S/C21H30N4OS/c1-4-22-20(25-16-21(2,3)18-12-8-15-27-18)24-14-9-13-23-19(26)17-10-6-5-7-11-17/h5-8,10-12,15H,4,9,13-14,16H2,1-3H3,(H,23,26)(H2,22,24,25). The van der Waals surface area contributed by atoms with Crippen LogP contribution in [0.2, 0.25) is 0 Å². The van der Waals surface area contributed by atoms with Crippen molar-refractivity contribution >= 4 is 23.2 Å². The molecular formula is C21H30N4OS. The molecule has 2 aromatic rings. The molecule has 3 N–H and O–H groups in total. The first kappa shape index (κ1) is 21.0. The Kier molecular flexibility index (Phi) is 8.33. The fourth-order valence-corrected chi connectivity index (χ4v) is 3.39. The van der Waals surface area contributed by atoms with E-state index in [1.165, 1.54) is 4.88 Å². The van der Waals surface area contributed by atoms with Gasteiger partial charge in [0.25, 0.3) is 5.91 Å². The third-order valence-electron chi connectivity index (χ3n) is 4.13. The van der Waals surface area contributed by atoms with E-state index in [0.29, 0.717) is 18.7 Å². The first-order valence-electron chi connectivity index (χ1n) is 9.42. The second kappa shape index (κ2) is 10.7. The molecule has 0 aliphatic carbocycles. The van der Waals surface area contributed by atoms with Gasteiger partial charge in [0.05, 0.1) is 6.54 Å².